The van der Waals surface area contributed by atoms with Gasteiger partial charge in [-0.3, -0.25) is 9.00 Å². The quantitative estimate of drug-likeness (QED) is 0.892. The lowest BCUT2D eigenvalue weighted by Gasteiger charge is -2.02. The number of nitrogens with two attached hydrogens (primary N) is 1. The lowest BCUT2D eigenvalue weighted by atomic mass is 10.1. The highest BCUT2D eigenvalue weighted by Crippen LogP contribution is 2.20. The fourth-order valence-corrected chi connectivity index (χ4v) is 2.59. The van der Waals surface area contributed by atoms with E-state index in [0.29, 0.717) is 5.75 Å². The van der Waals surface area contributed by atoms with Gasteiger partial charge in [-0.25, -0.2) is 0 Å². The zero-order chi connectivity index (χ0) is 13.0. The van der Waals surface area contributed by atoms with Crippen LogP contribution in [0.3, 0.4) is 0 Å². The Labute approximate surface area is 107 Å². The van der Waals surface area contributed by atoms with Crippen LogP contribution in [0.15, 0.2) is 47.1 Å². The summed E-state index contributed by atoms with van der Waals surface area (Å²) in [7, 11) is -1.24. The highest BCUT2D eigenvalue weighted by molar-refractivity contribution is 7.84. The van der Waals surface area contributed by atoms with Crippen molar-refractivity contribution in [1.29, 1.82) is 0 Å². The van der Waals surface area contributed by atoms with Crippen molar-refractivity contribution in [2.75, 3.05) is 5.75 Å². The molecule has 0 unspecified atom stereocenters. The van der Waals surface area contributed by atoms with Gasteiger partial charge in [0.15, 0.2) is 0 Å². The van der Waals surface area contributed by atoms with Gasteiger partial charge in [0.1, 0.15) is 11.5 Å². The largest absolute Gasteiger partial charge is 0.464 e. The molecule has 0 radical (unpaired) electrons. The van der Waals surface area contributed by atoms with E-state index >= 15 is 0 Å². The number of hydrogen-bond donors (Lipinski definition) is 1. The van der Waals surface area contributed by atoms with Gasteiger partial charge in [0.25, 0.3) is 0 Å². The maximum Gasteiger partial charge on any atom is 0.230 e. The van der Waals surface area contributed by atoms with E-state index in [0.717, 1.165) is 16.9 Å². The third-order valence-corrected chi connectivity index (χ3v) is 3.65. The van der Waals surface area contributed by atoms with Gasteiger partial charge < -0.3 is 10.2 Å². The molecule has 1 amide bonds. The summed E-state index contributed by atoms with van der Waals surface area (Å²) in [6.07, 6.45) is 1.62. The van der Waals surface area contributed by atoms with E-state index in [1.54, 1.807) is 6.26 Å². The Bertz CT molecular complexity index is 546. The van der Waals surface area contributed by atoms with Gasteiger partial charge in [0, 0.05) is 22.1 Å². The molecule has 0 aliphatic heterocycles. The minimum Gasteiger partial charge on any atom is -0.464 e. The molecule has 1 aromatic heterocycles. The molecule has 5 heteroatoms. The first-order valence-electron chi connectivity index (χ1n) is 5.41. The Morgan fingerprint density at radius 1 is 1.22 bits per heavy atom. The zero-order valence-corrected chi connectivity index (χ0v) is 10.5. The van der Waals surface area contributed by atoms with Crippen molar-refractivity contribution in [3.05, 3.63) is 48.2 Å². The molecule has 0 saturated heterocycles. The summed E-state index contributed by atoms with van der Waals surface area (Å²) in [4.78, 5) is 10.6. The molecule has 94 valence electrons. The number of amides is 1. The molecule has 18 heavy (non-hydrogen) atoms. The summed E-state index contributed by atoms with van der Waals surface area (Å²) >= 11 is 0. The number of furan rings is 1. The molecular weight excluding hydrogens is 250 g/mol. The maximum atomic E-state index is 11.5. The Balaban J connectivity index is 2.04. The van der Waals surface area contributed by atoms with E-state index in [1.165, 1.54) is 0 Å². The van der Waals surface area contributed by atoms with Gasteiger partial charge in [-0.05, 0) is 17.7 Å². The molecule has 0 aliphatic carbocycles. The predicted molar refractivity (Wildman–Crippen MR) is 70.1 cm³/mol. The summed E-state index contributed by atoms with van der Waals surface area (Å²) < 4.78 is 16.8. The fourth-order valence-electron chi connectivity index (χ4n) is 1.60. The van der Waals surface area contributed by atoms with Crippen molar-refractivity contribution in [2.24, 2.45) is 5.73 Å². The minimum atomic E-state index is -1.24. The molecule has 1 atom stereocenters. The Hall–Kier alpha value is -1.88. The maximum absolute atomic E-state index is 11.5. The van der Waals surface area contributed by atoms with Crippen LogP contribution in [0.1, 0.15) is 5.56 Å². The van der Waals surface area contributed by atoms with Gasteiger partial charge in [-0.15, -0.1) is 0 Å². The normalized spacial score (nSPS) is 12.2. The third kappa shape index (κ3) is 3.30. The van der Waals surface area contributed by atoms with Gasteiger partial charge in [0.2, 0.25) is 5.91 Å². The number of primary amides is 1. The van der Waals surface area contributed by atoms with E-state index in [9.17, 15) is 9.00 Å². The van der Waals surface area contributed by atoms with Crippen LogP contribution >= 0.6 is 0 Å². The summed E-state index contributed by atoms with van der Waals surface area (Å²) in [5, 5.41) is 0. The molecule has 0 spiro atoms. The molecule has 4 nitrogen and oxygen atoms in total. The van der Waals surface area contributed by atoms with Crippen LogP contribution in [0, 0.1) is 0 Å². The van der Waals surface area contributed by atoms with Gasteiger partial charge in [0.05, 0.1) is 6.26 Å². The number of carbonyl (C=O) groups is 1. The van der Waals surface area contributed by atoms with E-state index in [2.05, 4.69) is 0 Å². The van der Waals surface area contributed by atoms with Gasteiger partial charge in [-0.2, -0.15) is 0 Å². The van der Waals surface area contributed by atoms with E-state index < -0.39 is 16.7 Å². The molecule has 0 aliphatic rings. The average molecular weight is 263 g/mol. The lowest BCUT2D eigenvalue weighted by molar-refractivity contribution is -0.115. The van der Waals surface area contributed by atoms with Crippen molar-refractivity contribution < 1.29 is 13.4 Å². The van der Waals surface area contributed by atoms with E-state index in [-0.39, 0.29) is 5.75 Å². The van der Waals surface area contributed by atoms with Crippen molar-refractivity contribution in [1.82, 2.24) is 0 Å². The second-order valence-electron chi connectivity index (χ2n) is 3.87. The highest BCUT2D eigenvalue weighted by atomic mass is 32.2. The van der Waals surface area contributed by atoms with Crippen molar-refractivity contribution in [3.63, 3.8) is 0 Å². The number of carbonyl (C=O) groups excluding carboxylic acids is 1. The molecule has 0 bridgehead atoms. The van der Waals surface area contributed by atoms with Crippen LogP contribution in [0.5, 0.6) is 0 Å². The Morgan fingerprint density at radius 2 is 1.94 bits per heavy atom. The van der Waals surface area contributed by atoms with Crippen molar-refractivity contribution in [3.8, 4) is 11.3 Å². The van der Waals surface area contributed by atoms with Crippen LogP contribution < -0.4 is 5.73 Å². The van der Waals surface area contributed by atoms with Crippen LogP contribution in [0.4, 0.5) is 0 Å². The summed E-state index contributed by atoms with van der Waals surface area (Å²) in [5.74, 6) is 0.488. The molecule has 0 fully saturated rings. The average Bonchev–Trinajstić information content (AvgIpc) is 2.82. The standard InChI is InChI=1S/C13H13NO3S/c14-13(15)9-18(16)8-10-3-5-11(6-4-10)12-2-1-7-17-12/h1-7H,8-9H2,(H2,14,15)/t18-/m0/s1. The minimum absolute atomic E-state index is 0.0973. The first-order valence-corrected chi connectivity index (χ1v) is 6.90. The van der Waals surface area contributed by atoms with Gasteiger partial charge >= 0.3 is 0 Å². The second kappa shape index (κ2) is 5.64. The summed E-state index contributed by atoms with van der Waals surface area (Å²) in [6.45, 7) is 0. The van der Waals surface area contributed by atoms with E-state index in [4.69, 9.17) is 10.2 Å². The predicted octanol–water partition coefficient (Wildman–Crippen LogP) is 1.68. The van der Waals surface area contributed by atoms with Crippen LogP contribution in [0.25, 0.3) is 11.3 Å². The smallest absolute Gasteiger partial charge is 0.230 e. The molecule has 2 rings (SSSR count). The topological polar surface area (TPSA) is 73.3 Å². The number of benzene rings is 1. The molecular formula is C13H13NO3S. The lowest BCUT2D eigenvalue weighted by Crippen LogP contribution is -2.20. The van der Waals surface area contributed by atoms with Crippen LogP contribution in [0.2, 0.25) is 0 Å². The van der Waals surface area contributed by atoms with E-state index in [1.807, 2.05) is 36.4 Å². The zero-order valence-electron chi connectivity index (χ0n) is 9.67. The number of hydrogen-bond acceptors (Lipinski definition) is 3. The molecule has 0 saturated carbocycles. The molecule has 2 N–H and O–H groups in total. The van der Waals surface area contributed by atoms with Crippen molar-refractivity contribution in [2.45, 2.75) is 5.75 Å². The first-order chi connectivity index (χ1) is 8.65. The summed E-state index contributed by atoms with van der Waals surface area (Å²) in [5.41, 5.74) is 6.86. The third-order valence-electron chi connectivity index (χ3n) is 2.39. The Kier molecular flexibility index (Phi) is 3.94. The van der Waals surface area contributed by atoms with Crippen LogP contribution in [-0.2, 0) is 21.3 Å². The molecule has 1 aromatic carbocycles. The Morgan fingerprint density at radius 3 is 2.50 bits per heavy atom. The van der Waals surface area contributed by atoms with Crippen LogP contribution in [-0.4, -0.2) is 15.9 Å². The highest BCUT2D eigenvalue weighted by Gasteiger charge is 2.06. The van der Waals surface area contributed by atoms with Gasteiger partial charge in [-0.1, -0.05) is 24.3 Å². The monoisotopic (exact) mass is 263 g/mol. The number of rotatable bonds is 5. The summed E-state index contributed by atoms with van der Waals surface area (Å²) in [6, 6.07) is 11.2. The second-order valence-corrected chi connectivity index (χ2v) is 5.33. The molecule has 2 aromatic rings. The first kappa shape index (κ1) is 12.6. The van der Waals surface area contributed by atoms with Crippen molar-refractivity contribution >= 4 is 16.7 Å². The molecule has 1 heterocycles. The SMILES string of the molecule is NC(=O)C[S@@](=O)Cc1ccc(-c2ccco2)cc1. The fraction of sp³-hybridized carbons (Fsp3) is 0.154.